The average Bonchev–Trinajstić information content (AvgIpc) is 2.72. The molecular weight excluding hydrogens is 388 g/mol. The van der Waals surface area contributed by atoms with Crippen molar-refractivity contribution in [3.63, 3.8) is 0 Å². The molecule has 0 aliphatic carbocycles. The molecule has 0 unspecified atom stereocenters. The zero-order chi connectivity index (χ0) is 21.3. The van der Waals surface area contributed by atoms with Crippen molar-refractivity contribution in [2.45, 2.75) is 25.6 Å². The van der Waals surface area contributed by atoms with E-state index in [0.29, 0.717) is 12.5 Å². The molecule has 0 saturated heterocycles. The number of nitrogens with one attached hydrogen (secondary N) is 3. The Hall–Kier alpha value is -2.58. The highest BCUT2D eigenvalue weighted by Gasteiger charge is 2.08. The summed E-state index contributed by atoms with van der Waals surface area (Å²) in [6.45, 7) is 3.36. The molecule has 0 aliphatic rings. The minimum absolute atomic E-state index is 0.0236. The first-order valence-electron chi connectivity index (χ1n) is 9.44. The molecular formula is C21H30N4O3S. The standard InChI is InChI=1S/C21H30N4O3S/c1-16-5-6-17(13-20(16)28-4)11-12-24-21(22-2)25-14-18-7-9-19(10-8-18)15-29(26,27)23-3/h5-10,13,23H,11-12,14-15H2,1-4H3,(H2,22,24,25). The number of aliphatic imine (C=N–C) groups is 1. The first-order valence-corrected chi connectivity index (χ1v) is 11.1. The highest BCUT2D eigenvalue weighted by Crippen LogP contribution is 2.19. The maximum absolute atomic E-state index is 11.6. The van der Waals surface area contributed by atoms with Crippen molar-refractivity contribution in [2.24, 2.45) is 4.99 Å². The highest BCUT2D eigenvalue weighted by molar-refractivity contribution is 7.88. The van der Waals surface area contributed by atoms with Gasteiger partial charge in [-0.1, -0.05) is 36.4 Å². The van der Waals surface area contributed by atoms with Crippen molar-refractivity contribution >= 4 is 16.0 Å². The summed E-state index contributed by atoms with van der Waals surface area (Å²) in [4.78, 5) is 4.24. The van der Waals surface area contributed by atoms with Crippen LogP contribution in [0, 0.1) is 6.92 Å². The molecule has 0 bridgehead atoms. The maximum Gasteiger partial charge on any atom is 0.215 e. The molecule has 0 spiro atoms. The monoisotopic (exact) mass is 418 g/mol. The fourth-order valence-electron chi connectivity index (χ4n) is 2.80. The number of sulfonamides is 1. The van der Waals surface area contributed by atoms with E-state index in [1.165, 1.54) is 12.6 Å². The van der Waals surface area contributed by atoms with Gasteiger partial charge < -0.3 is 15.4 Å². The van der Waals surface area contributed by atoms with Crippen LogP contribution < -0.4 is 20.1 Å². The Bertz CT molecular complexity index is 925. The minimum Gasteiger partial charge on any atom is -0.496 e. The summed E-state index contributed by atoms with van der Waals surface area (Å²) >= 11 is 0. The first kappa shape index (κ1) is 22.7. The van der Waals surface area contributed by atoms with Crippen molar-refractivity contribution in [1.82, 2.24) is 15.4 Å². The molecule has 2 rings (SSSR count). The molecule has 0 amide bonds. The van der Waals surface area contributed by atoms with Gasteiger partial charge in [0.1, 0.15) is 5.75 Å². The van der Waals surface area contributed by atoms with Gasteiger partial charge in [-0.05, 0) is 48.7 Å². The largest absolute Gasteiger partial charge is 0.496 e. The van der Waals surface area contributed by atoms with E-state index < -0.39 is 10.0 Å². The molecule has 0 aliphatic heterocycles. The lowest BCUT2D eigenvalue weighted by Gasteiger charge is -2.13. The summed E-state index contributed by atoms with van der Waals surface area (Å²) in [5.41, 5.74) is 4.11. The second-order valence-corrected chi connectivity index (χ2v) is 8.61. The van der Waals surface area contributed by atoms with E-state index in [1.807, 2.05) is 31.2 Å². The number of guanidine groups is 1. The molecule has 29 heavy (non-hydrogen) atoms. The van der Waals surface area contributed by atoms with E-state index in [1.54, 1.807) is 14.2 Å². The van der Waals surface area contributed by atoms with Gasteiger partial charge in [-0.15, -0.1) is 0 Å². The highest BCUT2D eigenvalue weighted by atomic mass is 32.2. The fourth-order valence-corrected chi connectivity index (χ4v) is 3.57. The van der Waals surface area contributed by atoms with E-state index >= 15 is 0 Å². The lowest BCUT2D eigenvalue weighted by Crippen LogP contribution is -2.37. The minimum atomic E-state index is -3.26. The number of rotatable bonds is 9. The van der Waals surface area contributed by atoms with Crippen molar-refractivity contribution in [1.29, 1.82) is 0 Å². The molecule has 0 saturated carbocycles. The summed E-state index contributed by atoms with van der Waals surface area (Å²) in [7, 11) is 1.58. The Kier molecular flexibility index (Phi) is 8.48. The number of benzene rings is 2. The lowest BCUT2D eigenvalue weighted by atomic mass is 10.1. The summed E-state index contributed by atoms with van der Waals surface area (Å²) < 4.78 is 30.9. The Morgan fingerprint density at radius 1 is 1.03 bits per heavy atom. The Morgan fingerprint density at radius 2 is 1.69 bits per heavy atom. The van der Waals surface area contributed by atoms with Crippen molar-refractivity contribution in [3.05, 3.63) is 64.7 Å². The van der Waals surface area contributed by atoms with Crippen LogP contribution in [0.1, 0.15) is 22.3 Å². The van der Waals surface area contributed by atoms with E-state index in [9.17, 15) is 8.42 Å². The van der Waals surface area contributed by atoms with E-state index in [-0.39, 0.29) is 5.75 Å². The zero-order valence-electron chi connectivity index (χ0n) is 17.5. The maximum atomic E-state index is 11.6. The SMILES string of the molecule is CN=C(NCCc1ccc(C)c(OC)c1)NCc1ccc(CS(=O)(=O)NC)cc1. The van der Waals surface area contributed by atoms with Crippen LogP contribution in [0.2, 0.25) is 0 Å². The number of hydrogen-bond donors (Lipinski definition) is 3. The molecule has 0 radical (unpaired) electrons. The van der Waals surface area contributed by atoms with Crippen LogP contribution in [0.25, 0.3) is 0 Å². The number of nitrogens with zero attached hydrogens (tertiary/aromatic N) is 1. The normalized spacial score (nSPS) is 11.9. The first-order chi connectivity index (χ1) is 13.9. The lowest BCUT2D eigenvalue weighted by molar-refractivity contribution is 0.411. The van der Waals surface area contributed by atoms with Gasteiger partial charge in [0, 0.05) is 20.1 Å². The smallest absolute Gasteiger partial charge is 0.215 e. The molecule has 3 N–H and O–H groups in total. The summed E-state index contributed by atoms with van der Waals surface area (Å²) in [5, 5.41) is 6.57. The van der Waals surface area contributed by atoms with Crippen LogP contribution in [0.5, 0.6) is 5.75 Å². The van der Waals surface area contributed by atoms with Gasteiger partial charge in [-0.3, -0.25) is 4.99 Å². The van der Waals surface area contributed by atoms with Gasteiger partial charge in [0.2, 0.25) is 10.0 Å². The van der Waals surface area contributed by atoms with Crippen molar-refractivity contribution < 1.29 is 13.2 Å². The molecule has 0 aromatic heterocycles. The molecule has 2 aromatic carbocycles. The van der Waals surface area contributed by atoms with Gasteiger partial charge in [0.15, 0.2) is 5.96 Å². The number of methoxy groups -OCH3 is 1. The van der Waals surface area contributed by atoms with E-state index in [2.05, 4.69) is 38.5 Å². The van der Waals surface area contributed by atoms with E-state index in [0.717, 1.165) is 35.4 Å². The Labute approximate surface area is 173 Å². The van der Waals surface area contributed by atoms with Crippen LogP contribution in [-0.4, -0.2) is 42.1 Å². The summed E-state index contributed by atoms with van der Waals surface area (Å²) in [6, 6.07) is 13.7. The molecule has 0 atom stereocenters. The van der Waals surface area contributed by atoms with Crippen LogP contribution in [-0.2, 0) is 28.7 Å². The molecule has 0 fully saturated rings. The summed E-state index contributed by atoms with van der Waals surface area (Å²) in [6.07, 6.45) is 0.853. The molecule has 158 valence electrons. The third-order valence-corrected chi connectivity index (χ3v) is 5.89. The number of aryl methyl sites for hydroxylation is 1. The summed E-state index contributed by atoms with van der Waals surface area (Å²) in [5.74, 6) is 1.59. The predicted octanol–water partition coefficient (Wildman–Crippen LogP) is 1.96. The van der Waals surface area contributed by atoms with Crippen molar-refractivity contribution in [3.8, 4) is 5.75 Å². The van der Waals surface area contributed by atoms with Gasteiger partial charge in [-0.2, -0.15) is 0 Å². The van der Waals surface area contributed by atoms with Gasteiger partial charge in [0.05, 0.1) is 12.9 Å². The Balaban J connectivity index is 1.81. The second-order valence-electron chi connectivity index (χ2n) is 6.69. The Morgan fingerprint density at radius 3 is 2.31 bits per heavy atom. The average molecular weight is 419 g/mol. The third kappa shape index (κ3) is 7.40. The van der Waals surface area contributed by atoms with Crippen LogP contribution in [0.3, 0.4) is 0 Å². The van der Waals surface area contributed by atoms with Crippen LogP contribution >= 0.6 is 0 Å². The third-order valence-electron chi connectivity index (χ3n) is 4.55. The van der Waals surface area contributed by atoms with Crippen molar-refractivity contribution in [2.75, 3.05) is 27.7 Å². The number of ether oxygens (including phenoxy) is 1. The molecule has 2 aromatic rings. The number of hydrogen-bond acceptors (Lipinski definition) is 4. The second kappa shape index (κ2) is 10.8. The fraction of sp³-hybridized carbons (Fsp3) is 0.381. The predicted molar refractivity (Wildman–Crippen MR) is 118 cm³/mol. The van der Waals surface area contributed by atoms with Gasteiger partial charge >= 0.3 is 0 Å². The molecule has 7 nitrogen and oxygen atoms in total. The topological polar surface area (TPSA) is 91.8 Å². The van der Waals surface area contributed by atoms with E-state index in [4.69, 9.17) is 4.74 Å². The van der Waals surface area contributed by atoms with Crippen LogP contribution in [0.4, 0.5) is 0 Å². The van der Waals surface area contributed by atoms with Gasteiger partial charge in [0.25, 0.3) is 0 Å². The quantitative estimate of drug-likeness (QED) is 0.428. The van der Waals surface area contributed by atoms with Crippen LogP contribution in [0.15, 0.2) is 47.5 Å². The molecule has 8 heteroatoms. The zero-order valence-corrected chi connectivity index (χ0v) is 18.3. The molecule has 0 heterocycles. The van der Waals surface area contributed by atoms with Gasteiger partial charge in [-0.25, -0.2) is 13.1 Å².